The number of hydrogen-bond donors (Lipinski definition) is 3. The molecule has 0 fully saturated rings. The first-order valence-electron chi connectivity index (χ1n) is 6.72. The number of sulfonamides is 1. The zero-order chi connectivity index (χ0) is 16.0. The summed E-state index contributed by atoms with van der Waals surface area (Å²) in [4.78, 5) is 13.1. The van der Waals surface area contributed by atoms with Crippen LogP contribution in [-0.2, 0) is 10.0 Å². The Labute approximate surface area is 124 Å². The van der Waals surface area contributed by atoms with Gasteiger partial charge in [-0.05, 0) is 40.3 Å². The molecule has 0 aliphatic carbocycles. The van der Waals surface area contributed by atoms with Crippen LogP contribution in [0.15, 0.2) is 11.2 Å². The van der Waals surface area contributed by atoms with Crippen molar-refractivity contribution in [1.82, 2.24) is 19.8 Å². The second-order valence-electron chi connectivity index (χ2n) is 5.10. The Morgan fingerprint density at radius 2 is 2.14 bits per heavy atom. The number of nitrogens with zero attached hydrogens (tertiary/aromatic N) is 2. The number of nitrogens with one attached hydrogen (secondary N) is 2. The van der Waals surface area contributed by atoms with Crippen LogP contribution in [0.25, 0.3) is 0 Å². The summed E-state index contributed by atoms with van der Waals surface area (Å²) in [6, 6.07) is 0.449. The molecule has 0 aliphatic rings. The zero-order valence-electron chi connectivity index (χ0n) is 12.5. The average molecular weight is 318 g/mol. The van der Waals surface area contributed by atoms with E-state index in [9.17, 15) is 13.2 Å². The van der Waals surface area contributed by atoms with Gasteiger partial charge in [-0.2, -0.15) is 5.10 Å². The summed E-state index contributed by atoms with van der Waals surface area (Å²) in [5.41, 5.74) is -0.359. The maximum absolute atomic E-state index is 12.0. The van der Waals surface area contributed by atoms with Crippen LogP contribution >= 0.6 is 0 Å². The van der Waals surface area contributed by atoms with E-state index in [0.29, 0.717) is 12.5 Å². The average Bonchev–Trinajstić information content (AvgIpc) is 2.87. The molecular formula is C12H22N4O4S. The van der Waals surface area contributed by atoms with Gasteiger partial charge in [0.15, 0.2) is 5.03 Å². The lowest BCUT2D eigenvalue weighted by atomic mass is 10.2. The third-order valence-electron chi connectivity index (χ3n) is 3.21. The minimum Gasteiger partial charge on any atom is -0.478 e. The Hall–Kier alpha value is -1.45. The minimum atomic E-state index is -3.87. The first kappa shape index (κ1) is 17.6. The molecule has 0 saturated carbocycles. The predicted octanol–water partition coefficient (Wildman–Crippen LogP) is 0.507. The van der Waals surface area contributed by atoms with Gasteiger partial charge >= 0.3 is 5.97 Å². The molecule has 9 heteroatoms. The van der Waals surface area contributed by atoms with Gasteiger partial charge in [0.25, 0.3) is 10.0 Å². The number of carbonyl (C=O) groups is 1. The third kappa shape index (κ3) is 5.10. The zero-order valence-corrected chi connectivity index (χ0v) is 13.3. The number of hydrogen-bond acceptors (Lipinski definition) is 5. The molecule has 21 heavy (non-hydrogen) atoms. The van der Waals surface area contributed by atoms with Crippen molar-refractivity contribution in [3.63, 3.8) is 0 Å². The maximum Gasteiger partial charge on any atom is 0.340 e. The van der Waals surface area contributed by atoms with Gasteiger partial charge in [0, 0.05) is 12.6 Å². The standard InChI is InChI=1S/C12H22N4O4S/c1-9(2)16(3)7-5-4-6-14-21(19,20)11-10(12(17)18)8-13-15-11/h8-9,14H,4-7H2,1-3H3,(H,13,15)(H,17,18). The molecule has 1 rings (SSSR count). The first-order chi connectivity index (χ1) is 9.75. The highest BCUT2D eigenvalue weighted by Gasteiger charge is 2.24. The van der Waals surface area contributed by atoms with Crippen LogP contribution in [0, 0.1) is 0 Å². The van der Waals surface area contributed by atoms with Crippen molar-refractivity contribution in [3.8, 4) is 0 Å². The van der Waals surface area contributed by atoms with Crippen molar-refractivity contribution in [2.24, 2.45) is 0 Å². The summed E-state index contributed by atoms with van der Waals surface area (Å²) < 4.78 is 26.3. The third-order valence-corrected chi connectivity index (χ3v) is 4.65. The fourth-order valence-electron chi connectivity index (χ4n) is 1.65. The van der Waals surface area contributed by atoms with Gasteiger partial charge in [-0.15, -0.1) is 0 Å². The summed E-state index contributed by atoms with van der Waals surface area (Å²) in [6.07, 6.45) is 2.51. The first-order valence-corrected chi connectivity index (χ1v) is 8.20. The molecule has 0 aliphatic heterocycles. The molecule has 0 atom stereocenters. The minimum absolute atomic E-state index is 0.256. The Kier molecular flexibility index (Phi) is 6.31. The number of carboxylic acids is 1. The summed E-state index contributed by atoms with van der Waals surface area (Å²) >= 11 is 0. The van der Waals surface area contributed by atoms with Crippen molar-refractivity contribution in [2.45, 2.75) is 37.8 Å². The Morgan fingerprint density at radius 3 is 2.71 bits per heavy atom. The monoisotopic (exact) mass is 318 g/mol. The lowest BCUT2D eigenvalue weighted by Gasteiger charge is -2.20. The number of aromatic carboxylic acids is 1. The summed E-state index contributed by atoms with van der Waals surface area (Å²) in [7, 11) is -1.86. The number of carboxylic acid groups (broad SMARTS) is 1. The van der Waals surface area contributed by atoms with Gasteiger partial charge in [0.2, 0.25) is 0 Å². The largest absolute Gasteiger partial charge is 0.478 e. The smallest absolute Gasteiger partial charge is 0.340 e. The van der Waals surface area contributed by atoms with Crippen LogP contribution in [0.5, 0.6) is 0 Å². The molecule has 120 valence electrons. The molecule has 0 bridgehead atoms. The highest BCUT2D eigenvalue weighted by Crippen LogP contribution is 2.11. The van der Waals surface area contributed by atoms with E-state index in [1.807, 2.05) is 7.05 Å². The van der Waals surface area contributed by atoms with E-state index in [-0.39, 0.29) is 12.1 Å². The fourth-order valence-corrected chi connectivity index (χ4v) is 2.81. The van der Waals surface area contributed by atoms with E-state index >= 15 is 0 Å². The van der Waals surface area contributed by atoms with Crippen molar-refractivity contribution in [3.05, 3.63) is 11.8 Å². The van der Waals surface area contributed by atoms with Crippen molar-refractivity contribution in [2.75, 3.05) is 20.1 Å². The van der Waals surface area contributed by atoms with E-state index in [4.69, 9.17) is 5.11 Å². The van der Waals surface area contributed by atoms with Gasteiger partial charge < -0.3 is 10.0 Å². The van der Waals surface area contributed by atoms with Gasteiger partial charge in [0.1, 0.15) is 5.56 Å². The maximum atomic E-state index is 12.0. The molecule has 0 radical (unpaired) electrons. The van der Waals surface area contributed by atoms with Gasteiger partial charge in [-0.3, -0.25) is 5.10 Å². The molecule has 3 N–H and O–H groups in total. The van der Waals surface area contributed by atoms with Crippen LogP contribution in [-0.4, -0.2) is 60.8 Å². The van der Waals surface area contributed by atoms with Crippen LogP contribution < -0.4 is 4.72 Å². The summed E-state index contributed by atoms with van der Waals surface area (Å²) in [6.45, 7) is 5.32. The van der Waals surface area contributed by atoms with Crippen molar-refractivity contribution < 1.29 is 18.3 Å². The van der Waals surface area contributed by atoms with Crippen LogP contribution in [0.2, 0.25) is 0 Å². The van der Waals surface area contributed by atoms with E-state index in [1.165, 1.54) is 0 Å². The van der Waals surface area contributed by atoms with E-state index in [0.717, 1.165) is 19.2 Å². The normalized spacial score (nSPS) is 12.2. The molecule has 0 spiro atoms. The Balaban J connectivity index is 2.47. The van der Waals surface area contributed by atoms with Gasteiger partial charge in [-0.25, -0.2) is 17.9 Å². The summed E-state index contributed by atoms with van der Waals surface area (Å²) in [5, 5.41) is 14.2. The lowest BCUT2D eigenvalue weighted by molar-refractivity contribution is 0.0692. The second-order valence-corrected chi connectivity index (χ2v) is 6.80. The van der Waals surface area contributed by atoms with Gasteiger partial charge in [0.05, 0.1) is 6.20 Å². The molecule has 0 amide bonds. The quantitative estimate of drug-likeness (QED) is 0.571. The van der Waals surface area contributed by atoms with Crippen LogP contribution in [0.4, 0.5) is 0 Å². The number of H-pyrrole nitrogens is 1. The number of aromatic nitrogens is 2. The highest BCUT2D eigenvalue weighted by molar-refractivity contribution is 7.89. The number of rotatable bonds is 9. The van der Waals surface area contributed by atoms with Gasteiger partial charge in [-0.1, -0.05) is 0 Å². The molecule has 0 unspecified atom stereocenters. The molecule has 1 aromatic heterocycles. The molecule has 0 saturated heterocycles. The fraction of sp³-hybridized carbons (Fsp3) is 0.667. The summed E-state index contributed by atoms with van der Waals surface area (Å²) in [5.74, 6) is -1.33. The Morgan fingerprint density at radius 1 is 1.48 bits per heavy atom. The SMILES string of the molecule is CC(C)N(C)CCCCNS(=O)(=O)c1[nH]ncc1C(=O)O. The lowest BCUT2D eigenvalue weighted by Crippen LogP contribution is -2.29. The highest BCUT2D eigenvalue weighted by atomic mass is 32.2. The van der Waals surface area contributed by atoms with Crippen molar-refractivity contribution >= 4 is 16.0 Å². The second kappa shape index (κ2) is 7.53. The van der Waals surface area contributed by atoms with Crippen LogP contribution in [0.3, 0.4) is 0 Å². The molecule has 1 heterocycles. The Bertz CT molecular complexity index is 568. The molecule has 8 nitrogen and oxygen atoms in total. The molecule has 1 aromatic rings. The molecule has 0 aromatic carbocycles. The number of aromatic amines is 1. The number of unbranched alkanes of at least 4 members (excludes halogenated alkanes) is 1. The van der Waals surface area contributed by atoms with E-state index < -0.39 is 21.0 Å². The van der Waals surface area contributed by atoms with E-state index in [1.54, 1.807) is 0 Å². The van der Waals surface area contributed by atoms with Crippen molar-refractivity contribution in [1.29, 1.82) is 0 Å². The topological polar surface area (TPSA) is 115 Å². The predicted molar refractivity (Wildman–Crippen MR) is 77.7 cm³/mol. The molecular weight excluding hydrogens is 296 g/mol. The van der Waals surface area contributed by atoms with E-state index in [2.05, 4.69) is 33.7 Å². The van der Waals surface area contributed by atoms with Crippen LogP contribution in [0.1, 0.15) is 37.0 Å².